The number of anilines is 1. The highest BCUT2D eigenvalue weighted by molar-refractivity contribution is 8.27. The van der Waals surface area contributed by atoms with E-state index in [-0.39, 0.29) is 5.91 Å². The van der Waals surface area contributed by atoms with Gasteiger partial charge in [0, 0.05) is 9.75 Å². The molecular formula is C19H15N3OS4. The van der Waals surface area contributed by atoms with E-state index in [9.17, 15) is 4.79 Å². The molecule has 0 aromatic carbocycles. The van der Waals surface area contributed by atoms with Gasteiger partial charge in [-0.2, -0.15) is 0 Å². The Morgan fingerprint density at radius 2 is 2.11 bits per heavy atom. The molecule has 1 aliphatic heterocycles. The lowest BCUT2D eigenvalue weighted by molar-refractivity contribution is -0.113. The third kappa shape index (κ3) is 2.95. The van der Waals surface area contributed by atoms with E-state index in [0.717, 1.165) is 27.9 Å². The predicted molar refractivity (Wildman–Crippen MR) is 119 cm³/mol. The van der Waals surface area contributed by atoms with Crippen molar-refractivity contribution < 1.29 is 4.79 Å². The molecule has 1 fully saturated rings. The van der Waals surface area contributed by atoms with Gasteiger partial charge in [0.1, 0.15) is 10.7 Å². The van der Waals surface area contributed by atoms with Crippen molar-refractivity contribution in [2.45, 2.75) is 32.6 Å². The van der Waals surface area contributed by atoms with E-state index in [2.05, 4.69) is 9.97 Å². The summed E-state index contributed by atoms with van der Waals surface area (Å²) in [6.07, 6.45) is 6.41. The number of carbonyl (C=O) groups excluding carboxylic acids is 1. The zero-order valence-corrected chi connectivity index (χ0v) is 17.8. The minimum atomic E-state index is -0.0893. The summed E-state index contributed by atoms with van der Waals surface area (Å²) in [6, 6.07) is 3.98. The average molecular weight is 430 g/mol. The predicted octanol–water partition coefficient (Wildman–Crippen LogP) is 5.35. The summed E-state index contributed by atoms with van der Waals surface area (Å²) < 4.78 is 0.540. The number of nitrogens with zero attached hydrogens (tertiary/aromatic N) is 3. The Bertz CT molecular complexity index is 1110. The summed E-state index contributed by atoms with van der Waals surface area (Å²) >= 11 is 10.3. The van der Waals surface area contributed by atoms with Crippen LogP contribution >= 0.6 is 46.7 Å². The minimum Gasteiger partial charge on any atom is -0.268 e. The summed E-state index contributed by atoms with van der Waals surface area (Å²) in [5, 5.41) is 3.02. The van der Waals surface area contributed by atoms with Gasteiger partial charge in [-0.3, -0.25) is 4.79 Å². The van der Waals surface area contributed by atoms with Crippen LogP contribution in [0.4, 0.5) is 5.82 Å². The summed E-state index contributed by atoms with van der Waals surface area (Å²) in [6.45, 7) is 1.88. The van der Waals surface area contributed by atoms with Crippen molar-refractivity contribution in [3.05, 3.63) is 43.6 Å². The van der Waals surface area contributed by atoms with Gasteiger partial charge in [-0.1, -0.05) is 30.0 Å². The maximum Gasteiger partial charge on any atom is 0.272 e. The Morgan fingerprint density at radius 1 is 1.26 bits per heavy atom. The molecule has 4 nitrogen and oxygen atoms in total. The molecule has 27 heavy (non-hydrogen) atoms. The van der Waals surface area contributed by atoms with Crippen LogP contribution in [-0.4, -0.2) is 20.2 Å². The quantitative estimate of drug-likeness (QED) is 0.406. The molecule has 3 aromatic heterocycles. The molecule has 0 unspecified atom stereocenters. The van der Waals surface area contributed by atoms with E-state index in [1.165, 1.54) is 35.0 Å². The first-order valence-corrected chi connectivity index (χ1v) is 11.6. The van der Waals surface area contributed by atoms with Crippen LogP contribution in [0.1, 0.15) is 34.0 Å². The molecule has 0 saturated carbocycles. The van der Waals surface area contributed by atoms with Crippen LogP contribution in [0.3, 0.4) is 0 Å². The molecule has 0 N–H and O–H groups in total. The van der Waals surface area contributed by atoms with Crippen LogP contribution in [0.5, 0.6) is 0 Å². The Hall–Kier alpha value is -1.61. The molecule has 5 rings (SSSR count). The van der Waals surface area contributed by atoms with Crippen molar-refractivity contribution in [3.8, 4) is 0 Å². The molecule has 1 aliphatic carbocycles. The van der Waals surface area contributed by atoms with E-state index >= 15 is 0 Å². The number of carbonyl (C=O) groups is 1. The molecule has 0 spiro atoms. The van der Waals surface area contributed by atoms with Gasteiger partial charge >= 0.3 is 0 Å². The molecule has 136 valence electrons. The fraction of sp³-hybridized carbons (Fsp3) is 0.263. The minimum absolute atomic E-state index is 0.0893. The van der Waals surface area contributed by atoms with Crippen LogP contribution < -0.4 is 4.90 Å². The van der Waals surface area contributed by atoms with E-state index < -0.39 is 0 Å². The van der Waals surface area contributed by atoms with Gasteiger partial charge in [0.2, 0.25) is 0 Å². The number of rotatable bonds is 2. The van der Waals surface area contributed by atoms with Crippen molar-refractivity contribution in [3.63, 3.8) is 0 Å². The average Bonchev–Trinajstić information content (AvgIpc) is 3.33. The summed E-state index contributed by atoms with van der Waals surface area (Å²) in [5.41, 5.74) is 1.31. The number of thiocarbonyl (C=S) groups is 1. The Labute approximate surface area is 174 Å². The highest BCUT2D eigenvalue weighted by Crippen LogP contribution is 2.43. The molecule has 4 heterocycles. The number of thioether (sulfide) groups is 1. The summed E-state index contributed by atoms with van der Waals surface area (Å²) in [5.74, 6) is 1.25. The lowest BCUT2D eigenvalue weighted by atomic mass is 9.97. The van der Waals surface area contributed by atoms with Crippen LogP contribution in [-0.2, 0) is 17.6 Å². The van der Waals surface area contributed by atoms with Gasteiger partial charge in [0.05, 0.1) is 10.3 Å². The van der Waals surface area contributed by atoms with Crippen LogP contribution in [0.2, 0.25) is 0 Å². The Balaban J connectivity index is 1.66. The van der Waals surface area contributed by atoms with Gasteiger partial charge in [-0.15, -0.1) is 22.7 Å². The van der Waals surface area contributed by atoms with Crippen molar-refractivity contribution in [1.82, 2.24) is 9.97 Å². The van der Waals surface area contributed by atoms with Crippen LogP contribution in [0, 0.1) is 6.92 Å². The van der Waals surface area contributed by atoms with Crippen molar-refractivity contribution in [2.75, 3.05) is 4.90 Å². The molecule has 8 heteroatoms. The number of aryl methyl sites for hydroxylation is 3. The fourth-order valence-electron chi connectivity index (χ4n) is 3.56. The number of amides is 1. The maximum atomic E-state index is 13.2. The van der Waals surface area contributed by atoms with Gasteiger partial charge in [0.25, 0.3) is 5.91 Å². The first-order chi connectivity index (χ1) is 13.1. The largest absolute Gasteiger partial charge is 0.272 e. The highest BCUT2D eigenvalue weighted by atomic mass is 32.2. The number of thiophene rings is 2. The van der Waals surface area contributed by atoms with Crippen LogP contribution in [0.15, 0.2) is 22.4 Å². The molecule has 0 atom stereocenters. The molecule has 0 bridgehead atoms. The number of aromatic nitrogens is 2. The van der Waals surface area contributed by atoms with Crippen molar-refractivity contribution in [2.24, 2.45) is 0 Å². The van der Waals surface area contributed by atoms with E-state index in [1.54, 1.807) is 27.6 Å². The lowest BCUT2D eigenvalue weighted by Gasteiger charge is -2.17. The Kier molecular flexibility index (Phi) is 4.39. The molecule has 2 aliphatic rings. The van der Waals surface area contributed by atoms with E-state index in [1.807, 2.05) is 30.5 Å². The lowest BCUT2D eigenvalue weighted by Crippen LogP contribution is -2.29. The molecular weight excluding hydrogens is 414 g/mol. The van der Waals surface area contributed by atoms with Crippen molar-refractivity contribution in [1.29, 1.82) is 0 Å². The third-order valence-electron chi connectivity index (χ3n) is 4.73. The number of fused-ring (bicyclic) bond motifs is 3. The van der Waals surface area contributed by atoms with E-state index in [4.69, 9.17) is 12.2 Å². The first-order valence-electron chi connectivity index (χ1n) is 8.72. The normalized spacial score (nSPS) is 18.7. The van der Waals surface area contributed by atoms with E-state index in [0.29, 0.717) is 20.9 Å². The topological polar surface area (TPSA) is 46.1 Å². The Morgan fingerprint density at radius 3 is 2.93 bits per heavy atom. The fourth-order valence-corrected chi connectivity index (χ4v) is 6.84. The monoisotopic (exact) mass is 429 g/mol. The second-order valence-corrected chi connectivity index (χ2v) is 10.3. The molecule has 0 radical (unpaired) electrons. The standard InChI is InChI=1S/C19H15N3OS4/c1-10-20-16(15-12-6-2-3-7-13(12)26-17(15)21-10)22-18(23)14(27-19(22)24)9-11-5-4-8-25-11/h4-5,8-9H,2-3,6-7H2,1H3/b14-9+. The van der Waals surface area contributed by atoms with Gasteiger partial charge in [-0.25, -0.2) is 14.9 Å². The summed E-state index contributed by atoms with van der Waals surface area (Å²) in [4.78, 5) is 28.2. The number of hydrogen-bond donors (Lipinski definition) is 0. The van der Waals surface area contributed by atoms with Gasteiger partial charge in [0.15, 0.2) is 10.1 Å². The second kappa shape index (κ2) is 6.77. The second-order valence-electron chi connectivity index (χ2n) is 6.52. The zero-order valence-electron chi connectivity index (χ0n) is 14.5. The number of hydrogen-bond acceptors (Lipinski definition) is 7. The molecule has 3 aromatic rings. The SMILES string of the molecule is Cc1nc(N2C(=O)/C(=C\c3cccs3)SC2=S)c2c3c(sc2n1)CCCC3. The van der Waals surface area contributed by atoms with Gasteiger partial charge < -0.3 is 0 Å². The highest BCUT2D eigenvalue weighted by Gasteiger charge is 2.37. The summed E-state index contributed by atoms with van der Waals surface area (Å²) in [7, 11) is 0. The smallest absolute Gasteiger partial charge is 0.268 e. The third-order valence-corrected chi connectivity index (χ3v) is 8.04. The van der Waals surface area contributed by atoms with Gasteiger partial charge in [-0.05, 0) is 55.7 Å². The van der Waals surface area contributed by atoms with Crippen molar-refractivity contribution >= 4 is 79.0 Å². The van der Waals surface area contributed by atoms with Crippen LogP contribution in [0.25, 0.3) is 16.3 Å². The molecule has 1 saturated heterocycles. The molecule has 1 amide bonds. The maximum absolute atomic E-state index is 13.2. The zero-order chi connectivity index (χ0) is 18.5. The first kappa shape index (κ1) is 17.5.